The molecule has 2 N–H and O–H groups in total. The summed E-state index contributed by atoms with van der Waals surface area (Å²) in [4.78, 5) is 21.6. The van der Waals surface area contributed by atoms with Gasteiger partial charge in [-0.3, -0.25) is 9.59 Å². The van der Waals surface area contributed by atoms with E-state index in [4.69, 9.17) is 10.2 Å². The summed E-state index contributed by atoms with van der Waals surface area (Å²) < 4.78 is 0. The molecule has 4 heteroatoms. The summed E-state index contributed by atoms with van der Waals surface area (Å²) in [6.07, 6.45) is 27.4. The van der Waals surface area contributed by atoms with Gasteiger partial charge in [-0.2, -0.15) is 0 Å². The summed E-state index contributed by atoms with van der Waals surface area (Å²) in [5.74, 6) is -3.67. The van der Waals surface area contributed by atoms with E-state index in [1.54, 1.807) is 0 Å². The van der Waals surface area contributed by atoms with Crippen LogP contribution in [0.5, 0.6) is 0 Å². The Labute approximate surface area is 179 Å². The summed E-state index contributed by atoms with van der Waals surface area (Å²) in [7, 11) is 0. The van der Waals surface area contributed by atoms with Crippen molar-refractivity contribution in [1.82, 2.24) is 0 Å². The molecule has 0 fully saturated rings. The lowest BCUT2D eigenvalue weighted by Gasteiger charge is -2.06. The number of carboxylic acid groups (broad SMARTS) is 2. The first-order valence-corrected chi connectivity index (χ1v) is 12.2. The van der Waals surface area contributed by atoms with E-state index in [1.165, 1.54) is 96.3 Å². The van der Waals surface area contributed by atoms with Crippen LogP contribution in [0, 0.1) is 5.92 Å². The van der Waals surface area contributed by atoms with Crippen LogP contribution in [0.1, 0.15) is 129 Å². The smallest absolute Gasteiger partial charge is 0.317 e. The van der Waals surface area contributed by atoms with Crippen LogP contribution in [0.15, 0.2) is 12.2 Å². The van der Waals surface area contributed by atoms with Crippen molar-refractivity contribution in [2.24, 2.45) is 5.92 Å². The fourth-order valence-corrected chi connectivity index (χ4v) is 3.66. The molecule has 0 spiro atoms. The van der Waals surface area contributed by atoms with E-state index < -0.39 is 17.9 Å². The summed E-state index contributed by atoms with van der Waals surface area (Å²) in [5, 5.41) is 17.6. The standard InChI is InChI=1S/C25H46O4/c1-2-3-4-5-6-7-8-9-10-11-12-13-14-15-16-17-18-19-20-21-22-23(24(26)27)25(28)29/h9-10,23H,2-8,11-22H2,1H3,(H,26,27)(H,28,29). The zero-order valence-corrected chi connectivity index (χ0v) is 18.9. The molecule has 0 aromatic rings. The Kier molecular flexibility index (Phi) is 20.4. The van der Waals surface area contributed by atoms with E-state index in [0.29, 0.717) is 6.42 Å². The molecule has 0 unspecified atom stereocenters. The molecule has 0 aromatic heterocycles. The Bertz CT molecular complexity index is 403. The predicted molar refractivity (Wildman–Crippen MR) is 121 cm³/mol. The monoisotopic (exact) mass is 410 g/mol. The van der Waals surface area contributed by atoms with Crippen molar-refractivity contribution in [2.45, 2.75) is 129 Å². The average Bonchev–Trinajstić information content (AvgIpc) is 2.68. The first-order chi connectivity index (χ1) is 14.1. The molecule has 0 aromatic carbocycles. The Balaban J connectivity index is 3.25. The maximum atomic E-state index is 10.8. The molecule has 0 aliphatic heterocycles. The Morgan fingerprint density at radius 1 is 0.586 bits per heavy atom. The van der Waals surface area contributed by atoms with Crippen LogP contribution in [0.2, 0.25) is 0 Å². The molecular formula is C25H46O4. The zero-order valence-electron chi connectivity index (χ0n) is 18.9. The van der Waals surface area contributed by atoms with Crippen LogP contribution in [0.3, 0.4) is 0 Å². The molecule has 0 atom stereocenters. The molecule has 0 bridgehead atoms. The second-order valence-electron chi connectivity index (χ2n) is 8.37. The molecule has 170 valence electrons. The number of unbranched alkanes of at least 4 members (excludes halogenated alkanes) is 16. The molecule has 0 saturated heterocycles. The van der Waals surface area contributed by atoms with E-state index in [0.717, 1.165) is 12.8 Å². The van der Waals surface area contributed by atoms with Crippen molar-refractivity contribution in [1.29, 1.82) is 0 Å². The fourth-order valence-electron chi connectivity index (χ4n) is 3.66. The molecule has 29 heavy (non-hydrogen) atoms. The van der Waals surface area contributed by atoms with Crippen LogP contribution < -0.4 is 0 Å². The van der Waals surface area contributed by atoms with Gasteiger partial charge in [-0.15, -0.1) is 0 Å². The van der Waals surface area contributed by atoms with Crippen molar-refractivity contribution in [3.63, 3.8) is 0 Å². The number of aliphatic carboxylic acids is 2. The first-order valence-electron chi connectivity index (χ1n) is 12.2. The first kappa shape index (κ1) is 27.7. The number of carboxylic acids is 2. The van der Waals surface area contributed by atoms with Gasteiger partial charge < -0.3 is 10.2 Å². The van der Waals surface area contributed by atoms with Gasteiger partial charge in [-0.05, 0) is 32.1 Å². The van der Waals surface area contributed by atoms with Crippen molar-refractivity contribution in [3.8, 4) is 0 Å². The SMILES string of the molecule is CCCCCCCCC=CCCCCCCCCCCCCC(C(=O)O)C(=O)O. The van der Waals surface area contributed by atoms with E-state index in [1.807, 2.05) is 0 Å². The third-order valence-corrected chi connectivity index (χ3v) is 5.60. The lowest BCUT2D eigenvalue weighted by molar-refractivity contribution is -0.154. The minimum atomic E-state index is -1.24. The predicted octanol–water partition coefficient (Wildman–Crippen LogP) is 7.76. The third-order valence-electron chi connectivity index (χ3n) is 5.60. The van der Waals surface area contributed by atoms with Crippen LogP contribution in [0.25, 0.3) is 0 Å². The number of hydrogen-bond acceptors (Lipinski definition) is 2. The average molecular weight is 411 g/mol. The van der Waals surface area contributed by atoms with Crippen molar-refractivity contribution >= 4 is 11.9 Å². The van der Waals surface area contributed by atoms with Crippen LogP contribution in [0.4, 0.5) is 0 Å². The quantitative estimate of drug-likeness (QED) is 0.109. The summed E-state index contributed by atoms with van der Waals surface area (Å²) in [6.45, 7) is 2.26. The minimum absolute atomic E-state index is 0.248. The second-order valence-corrected chi connectivity index (χ2v) is 8.37. The Morgan fingerprint density at radius 3 is 1.31 bits per heavy atom. The Hall–Kier alpha value is -1.32. The molecule has 0 saturated carbocycles. The highest BCUT2D eigenvalue weighted by Crippen LogP contribution is 2.15. The zero-order chi connectivity index (χ0) is 21.6. The molecule has 0 radical (unpaired) electrons. The molecule has 0 aliphatic carbocycles. The summed E-state index contributed by atoms with van der Waals surface area (Å²) >= 11 is 0. The van der Waals surface area contributed by atoms with Gasteiger partial charge in [-0.1, -0.05) is 109 Å². The van der Waals surface area contributed by atoms with Crippen LogP contribution in [-0.4, -0.2) is 22.2 Å². The van der Waals surface area contributed by atoms with E-state index >= 15 is 0 Å². The minimum Gasteiger partial charge on any atom is -0.481 e. The van der Waals surface area contributed by atoms with Gasteiger partial charge in [0.05, 0.1) is 0 Å². The highest BCUT2D eigenvalue weighted by atomic mass is 16.4. The van der Waals surface area contributed by atoms with Gasteiger partial charge in [0.15, 0.2) is 5.92 Å². The summed E-state index contributed by atoms with van der Waals surface area (Å²) in [6, 6.07) is 0. The number of rotatable bonds is 22. The van der Waals surface area contributed by atoms with Gasteiger partial charge in [0.1, 0.15) is 0 Å². The molecule has 0 rings (SSSR count). The molecule has 4 nitrogen and oxygen atoms in total. The van der Waals surface area contributed by atoms with E-state index in [9.17, 15) is 9.59 Å². The third kappa shape index (κ3) is 19.8. The lowest BCUT2D eigenvalue weighted by atomic mass is 10.00. The molecule has 0 aliphatic rings. The number of carbonyl (C=O) groups is 2. The van der Waals surface area contributed by atoms with Crippen LogP contribution >= 0.6 is 0 Å². The maximum absolute atomic E-state index is 10.8. The maximum Gasteiger partial charge on any atom is 0.317 e. The van der Waals surface area contributed by atoms with Crippen molar-refractivity contribution in [3.05, 3.63) is 12.2 Å². The fraction of sp³-hybridized carbons (Fsp3) is 0.840. The molecular weight excluding hydrogens is 364 g/mol. The molecule has 0 heterocycles. The highest BCUT2D eigenvalue weighted by molar-refractivity contribution is 5.92. The van der Waals surface area contributed by atoms with Gasteiger partial charge in [0, 0.05) is 0 Å². The van der Waals surface area contributed by atoms with E-state index in [2.05, 4.69) is 19.1 Å². The number of hydrogen-bond donors (Lipinski definition) is 2. The van der Waals surface area contributed by atoms with E-state index in [-0.39, 0.29) is 6.42 Å². The van der Waals surface area contributed by atoms with Crippen molar-refractivity contribution in [2.75, 3.05) is 0 Å². The van der Waals surface area contributed by atoms with Crippen LogP contribution in [-0.2, 0) is 9.59 Å². The van der Waals surface area contributed by atoms with Gasteiger partial charge in [-0.25, -0.2) is 0 Å². The van der Waals surface area contributed by atoms with Gasteiger partial charge in [0.2, 0.25) is 0 Å². The van der Waals surface area contributed by atoms with Crippen molar-refractivity contribution < 1.29 is 19.8 Å². The van der Waals surface area contributed by atoms with Gasteiger partial charge in [0.25, 0.3) is 0 Å². The van der Waals surface area contributed by atoms with Gasteiger partial charge >= 0.3 is 11.9 Å². The topological polar surface area (TPSA) is 74.6 Å². The second kappa shape index (κ2) is 21.4. The largest absolute Gasteiger partial charge is 0.481 e. The highest BCUT2D eigenvalue weighted by Gasteiger charge is 2.24. The number of allylic oxidation sites excluding steroid dienone is 2. The normalized spacial score (nSPS) is 11.5. The lowest BCUT2D eigenvalue weighted by Crippen LogP contribution is -2.23. The summed E-state index contributed by atoms with van der Waals surface area (Å²) in [5.41, 5.74) is 0. The Morgan fingerprint density at radius 2 is 0.931 bits per heavy atom. The molecule has 0 amide bonds.